The molecule has 0 aliphatic rings. The van der Waals surface area contributed by atoms with E-state index in [0.29, 0.717) is 6.42 Å². The lowest BCUT2D eigenvalue weighted by molar-refractivity contribution is -0.134. The summed E-state index contributed by atoms with van der Waals surface area (Å²) in [6, 6.07) is 0. The molecule has 74 valence electrons. The van der Waals surface area contributed by atoms with Gasteiger partial charge < -0.3 is 5.11 Å². The third-order valence-corrected chi connectivity index (χ3v) is 1.56. The van der Waals surface area contributed by atoms with Gasteiger partial charge in [0.1, 0.15) is 0 Å². The largest absolute Gasteiger partial charge is 0.481 e. The van der Waals surface area contributed by atoms with E-state index in [1.807, 2.05) is 6.92 Å². The lowest BCUT2D eigenvalue weighted by Crippen LogP contribution is -2.02. The lowest BCUT2D eigenvalue weighted by Gasteiger charge is -1.90. The Kier molecular flexibility index (Phi) is 8.19. The van der Waals surface area contributed by atoms with Crippen LogP contribution in [0.2, 0.25) is 0 Å². The second-order valence-corrected chi connectivity index (χ2v) is 3.73. The number of hydrogen-bond donors (Lipinski definition) is 2. The molecule has 0 aliphatic carbocycles. The van der Waals surface area contributed by atoms with Gasteiger partial charge in [0.15, 0.2) is 0 Å². The Morgan fingerprint density at radius 1 is 1.42 bits per heavy atom. The SMILES string of the molecule is CC(=O)O.CCCCS(=O)(=O)O. The molecule has 0 atom stereocenters. The lowest BCUT2D eigenvalue weighted by atomic mass is 10.4. The molecule has 0 bridgehead atoms. The molecule has 0 heterocycles. The predicted molar refractivity (Wildman–Crippen MR) is 44.6 cm³/mol. The van der Waals surface area contributed by atoms with Crippen LogP contribution in [0, 0.1) is 0 Å². The molecule has 12 heavy (non-hydrogen) atoms. The van der Waals surface area contributed by atoms with Crippen LogP contribution < -0.4 is 0 Å². The number of rotatable bonds is 3. The fourth-order valence-corrected chi connectivity index (χ4v) is 0.980. The van der Waals surface area contributed by atoms with E-state index in [9.17, 15) is 8.42 Å². The van der Waals surface area contributed by atoms with Crippen LogP contribution in [0.1, 0.15) is 26.7 Å². The normalized spacial score (nSPS) is 9.92. The van der Waals surface area contributed by atoms with Gasteiger partial charge in [-0.2, -0.15) is 8.42 Å². The van der Waals surface area contributed by atoms with Gasteiger partial charge in [0.05, 0.1) is 5.75 Å². The van der Waals surface area contributed by atoms with Crippen LogP contribution in [0.25, 0.3) is 0 Å². The molecule has 0 spiro atoms. The van der Waals surface area contributed by atoms with Crippen molar-refractivity contribution in [3.05, 3.63) is 0 Å². The number of hydrogen-bond acceptors (Lipinski definition) is 3. The number of carboxylic acid groups (broad SMARTS) is 1. The smallest absolute Gasteiger partial charge is 0.300 e. The molecule has 2 N–H and O–H groups in total. The summed E-state index contributed by atoms with van der Waals surface area (Å²) < 4.78 is 28.0. The Balaban J connectivity index is 0. The number of carboxylic acids is 1. The van der Waals surface area contributed by atoms with Crippen molar-refractivity contribution in [2.75, 3.05) is 5.75 Å². The van der Waals surface area contributed by atoms with E-state index in [4.69, 9.17) is 14.5 Å². The van der Waals surface area contributed by atoms with Crippen molar-refractivity contribution in [1.82, 2.24) is 0 Å². The minimum atomic E-state index is -3.69. The minimum Gasteiger partial charge on any atom is -0.481 e. The zero-order valence-corrected chi connectivity index (χ0v) is 7.97. The van der Waals surface area contributed by atoms with E-state index < -0.39 is 16.1 Å². The average molecular weight is 198 g/mol. The molecule has 0 aliphatic heterocycles. The molecule has 0 radical (unpaired) electrons. The number of unbranched alkanes of at least 4 members (excludes halogenated alkanes) is 1. The van der Waals surface area contributed by atoms with Gasteiger partial charge in [-0.1, -0.05) is 13.3 Å². The highest BCUT2D eigenvalue weighted by Gasteiger charge is 2.00. The van der Waals surface area contributed by atoms with Crippen LogP contribution in [0.4, 0.5) is 0 Å². The van der Waals surface area contributed by atoms with E-state index in [1.54, 1.807) is 0 Å². The molecule has 5 nitrogen and oxygen atoms in total. The van der Waals surface area contributed by atoms with Crippen molar-refractivity contribution in [1.29, 1.82) is 0 Å². The summed E-state index contributed by atoms with van der Waals surface area (Å²) in [5.41, 5.74) is 0. The first-order valence-corrected chi connectivity index (χ1v) is 5.05. The van der Waals surface area contributed by atoms with Gasteiger partial charge in [0, 0.05) is 6.92 Å². The van der Waals surface area contributed by atoms with E-state index >= 15 is 0 Å². The first-order valence-electron chi connectivity index (χ1n) is 3.44. The number of carbonyl (C=O) groups is 1. The molecule has 6 heteroatoms. The van der Waals surface area contributed by atoms with Crippen LogP contribution in [0.15, 0.2) is 0 Å². The van der Waals surface area contributed by atoms with Gasteiger partial charge in [0.25, 0.3) is 16.1 Å². The summed E-state index contributed by atoms with van der Waals surface area (Å²) in [5.74, 6) is -0.941. The molecule has 0 saturated carbocycles. The predicted octanol–water partition coefficient (Wildman–Crippen LogP) is 0.765. The first kappa shape index (κ1) is 13.9. The Hall–Kier alpha value is -0.620. The first-order chi connectivity index (χ1) is 5.29. The van der Waals surface area contributed by atoms with Gasteiger partial charge in [-0.05, 0) is 6.42 Å². The van der Waals surface area contributed by atoms with Crippen molar-refractivity contribution >= 4 is 16.1 Å². The van der Waals surface area contributed by atoms with Crippen LogP contribution in [0.5, 0.6) is 0 Å². The molecule has 0 rings (SSSR count). The monoisotopic (exact) mass is 198 g/mol. The summed E-state index contributed by atoms with van der Waals surface area (Å²) in [7, 11) is -3.69. The highest BCUT2D eigenvalue weighted by atomic mass is 32.2. The highest BCUT2D eigenvalue weighted by Crippen LogP contribution is 1.90. The van der Waals surface area contributed by atoms with Crippen molar-refractivity contribution in [3.8, 4) is 0 Å². The van der Waals surface area contributed by atoms with Gasteiger partial charge in [-0.3, -0.25) is 9.35 Å². The van der Waals surface area contributed by atoms with Crippen molar-refractivity contribution in [2.45, 2.75) is 26.7 Å². The third kappa shape index (κ3) is 34.3. The maximum absolute atomic E-state index is 9.95. The maximum Gasteiger partial charge on any atom is 0.300 e. The third-order valence-electron chi connectivity index (χ3n) is 0.756. The Morgan fingerprint density at radius 2 is 1.75 bits per heavy atom. The van der Waals surface area contributed by atoms with Gasteiger partial charge in [-0.15, -0.1) is 0 Å². The fraction of sp³-hybridized carbons (Fsp3) is 0.833. The second kappa shape index (κ2) is 7.05. The fourth-order valence-electron chi connectivity index (χ4n) is 0.327. The molecule has 0 aromatic rings. The standard InChI is InChI=1S/C4H10O3S.C2H4O2/c1-2-3-4-8(5,6)7;1-2(3)4/h2-4H2,1H3,(H,5,6,7);1H3,(H,3,4). The quantitative estimate of drug-likeness (QED) is 0.653. The van der Waals surface area contributed by atoms with Crippen molar-refractivity contribution in [3.63, 3.8) is 0 Å². The molecular weight excluding hydrogens is 184 g/mol. The van der Waals surface area contributed by atoms with E-state index in [1.165, 1.54) is 0 Å². The van der Waals surface area contributed by atoms with Crippen molar-refractivity contribution < 1.29 is 22.9 Å². The maximum atomic E-state index is 9.95. The molecular formula is C6H14O5S. The number of aliphatic carboxylic acids is 1. The summed E-state index contributed by atoms with van der Waals surface area (Å²) in [6.45, 7) is 2.95. The molecule has 0 saturated heterocycles. The van der Waals surface area contributed by atoms with Gasteiger partial charge in [0.2, 0.25) is 0 Å². The van der Waals surface area contributed by atoms with Crippen LogP contribution in [-0.4, -0.2) is 29.8 Å². The summed E-state index contributed by atoms with van der Waals surface area (Å²) in [5, 5.41) is 7.42. The summed E-state index contributed by atoms with van der Waals surface area (Å²) in [6.07, 6.45) is 1.33. The highest BCUT2D eigenvalue weighted by molar-refractivity contribution is 7.85. The van der Waals surface area contributed by atoms with E-state index in [2.05, 4.69) is 0 Å². The van der Waals surface area contributed by atoms with Crippen molar-refractivity contribution in [2.24, 2.45) is 0 Å². The van der Waals surface area contributed by atoms with Gasteiger partial charge in [-0.25, -0.2) is 0 Å². The summed E-state index contributed by atoms with van der Waals surface area (Å²) >= 11 is 0. The zero-order chi connectivity index (χ0) is 10.2. The second-order valence-electron chi connectivity index (χ2n) is 2.16. The Bertz CT molecular complexity index is 202. The average Bonchev–Trinajstić information content (AvgIpc) is 1.80. The molecule has 0 unspecified atom stereocenters. The van der Waals surface area contributed by atoms with Crippen LogP contribution >= 0.6 is 0 Å². The molecule has 0 fully saturated rings. The molecule has 0 aromatic carbocycles. The van der Waals surface area contributed by atoms with Gasteiger partial charge >= 0.3 is 0 Å². The topological polar surface area (TPSA) is 91.7 Å². The molecule has 0 aromatic heterocycles. The van der Waals surface area contributed by atoms with Crippen LogP contribution in [0.3, 0.4) is 0 Å². The Morgan fingerprint density at radius 3 is 1.83 bits per heavy atom. The summed E-state index contributed by atoms with van der Waals surface area (Å²) in [4.78, 5) is 9.00. The zero-order valence-electron chi connectivity index (χ0n) is 7.15. The Labute approximate surface area is 72.2 Å². The van der Waals surface area contributed by atoms with Crippen LogP contribution in [-0.2, 0) is 14.9 Å². The van der Waals surface area contributed by atoms with E-state index in [-0.39, 0.29) is 5.75 Å². The van der Waals surface area contributed by atoms with E-state index in [0.717, 1.165) is 13.3 Å². The minimum absolute atomic E-state index is 0.108. The molecule has 0 amide bonds.